The molecule has 0 atom stereocenters. The molecule has 0 aliphatic rings. The first kappa shape index (κ1) is 20.6. The largest absolute Gasteiger partial charge is 0.387 e. The molecule has 1 aromatic carbocycles. The van der Waals surface area contributed by atoms with E-state index in [1.807, 2.05) is 24.3 Å². The summed E-state index contributed by atoms with van der Waals surface area (Å²) in [5.74, 6) is -0.285. The van der Waals surface area contributed by atoms with Gasteiger partial charge in [-0.1, -0.05) is 17.7 Å². The lowest BCUT2D eigenvalue weighted by atomic mass is 10.1. The third-order valence-corrected chi connectivity index (χ3v) is 4.93. The molecule has 0 fully saturated rings. The van der Waals surface area contributed by atoms with Gasteiger partial charge in [0.1, 0.15) is 10.8 Å². The maximum absolute atomic E-state index is 12.6. The van der Waals surface area contributed by atoms with Crippen molar-refractivity contribution in [2.75, 3.05) is 7.05 Å². The maximum Gasteiger partial charge on any atom is 0.272 e. The average molecular weight is 438 g/mol. The zero-order chi connectivity index (χ0) is 22.0. The Morgan fingerprint density at radius 3 is 2.87 bits per heavy atom. The van der Waals surface area contributed by atoms with Crippen molar-refractivity contribution in [2.45, 2.75) is 6.54 Å². The predicted molar refractivity (Wildman–Crippen MR) is 118 cm³/mol. The summed E-state index contributed by atoms with van der Waals surface area (Å²) in [7, 11) is 3.38. The van der Waals surface area contributed by atoms with E-state index in [2.05, 4.69) is 25.9 Å². The summed E-state index contributed by atoms with van der Waals surface area (Å²) in [5, 5.41) is 16.4. The molecular formula is C21H20ClN7O2. The zero-order valence-electron chi connectivity index (χ0n) is 16.9. The number of carbonyl (C=O) groups is 1. The van der Waals surface area contributed by atoms with Crippen molar-refractivity contribution in [1.82, 2.24) is 30.5 Å². The number of H-pyrrole nitrogens is 1. The molecule has 0 aliphatic heterocycles. The molecule has 4 aromatic rings. The molecule has 31 heavy (non-hydrogen) atoms. The molecule has 0 spiro atoms. The number of rotatable bonds is 6. The molecule has 4 N–H and O–H groups in total. The number of nitrogens with one attached hydrogen (secondary N) is 4. The van der Waals surface area contributed by atoms with Gasteiger partial charge < -0.3 is 15.1 Å². The van der Waals surface area contributed by atoms with Gasteiger partial charge in [0.25, 0.3) is 11.8 Å². The number of aryl methyl sites for hydroxylation is 1. The zero-order valence-corrected chi connectivity index (χ0v) is 17.6. The SMILES string of the molecule is CNOC(=N)c1cc2cc(-c3cc(C(=O)NCc4ccnc(Cl)c4)nn3C)ccc2[nH]1. The molecule has 0 aliphatic carbocycles. The summed E-state index contributed by atoms with van der Waals surface area (Å²) in [4.78, 5) is 24.7. The number of carbonyl (C=O) groups excluding carboxylic acids is 1. The fourth-order valence-electron chi connectivity index (χ4n) is 3.25. The van der Waals surface area contributed by atoms with E-state index in [1.165, 1.54) is 0 Å². The first-order valence-electron chi connectivity index (χ1n) is 9.43. The van der Waals surface area contributed by atoms with Crippen molar-refractivity contribution in [1.29, 1.82) is 5.41 Å². The van der Waals surface area contributed by atoms with Crippen molar-refractivity contribution in [3.63, 3.8) is 0 Å². The highest BCUT2D eigenvalue weighted by Crippen LogP contribution is 2.25. The van der Waals surface area contributed by atoms with Crippen LogP contribution < -0.4 is 10.8 Å². The molecule has 4 rings (SSSR count). The summed E-state index contributed by atoms with van der Waals surface area (Å²) < 4.78 is 1.67. The Balaban J connectivity index is 1.54. The highest BCUT2D eigenvalue weighted by molar-refractivity contribution is 6.29. The lowest BCUT2D eigenvalue weighted by Gasteiger charge is -2.03. The smallest absolute Gasteiger partial charge is 0.272 e. The van der Waals surface area contributed by atoms with Crippen molar-refractivity contribution >= 4 is 34.3 Å². The normalized spacial score (nSPS) is 10.9. The molecule has 0 bridgehead atoms. The van der Waals surface area contributed by atoms with E-state index >= 15 is 0 Å². The van der Waals surface area contributed by atoms with Crippen LogP contribution in [0.25, 0.3) is 22.2 Å². The van der Waals surface area contributed by atoms with Crippen LogP contribution in [0.15, 0.2) is 48.7 Å². The second-order valence-electron chi connectivity index (χ2n) is 6.83. The maximum atomic E-state index is 12.6. The van der Waals surface area contributed by atoms with Gasteiger partial charge in [-0.3, -0.25) is 14.9 Å². The van der Waals surface area contributed by atoms with Crippen LogP contribution in [0.1, 0.15) is 21.7 Å². The van der Waals surface area contributed by atoms with E-state index in [-0.39, 0.29) is 11.8 Å². The molecule has 9 nitrogen and oxygen atoms in total. The number of pyridine rings is 1. The fraction of sp³-hybridized carbons (Fsp3) is 0.143. The van der Waals surface area contributed by atoms with Gasteiger partial charge in [0, 0.05) is 43.3 Å². The number of halogens is 1. The third-order valence-electron chi connectivity index (χ3n) is 4.72. The van der Waals surface area contributed by atoms with Crippen LogP contribution in [0.3, 0.4) is 0 Å². The second-order valence-corrected chi connectivity index (χ2v) is 7.22. The third kappa shape index (κ3) is 4.42. The van der Waals surface area contributed by atoms with Crippen LogP contribution in [0.4, 0.5) is 0 Å². The molecule has 0 unspecified atom stereocenters. The van der Waals surface area contributed by atoms with E-state index in [0.29, 0.717) is 23.1 Å². The summed E-state index contributed by atoms with van der Waals surface area (Å²) in [6.45, 7) is 0.325. The monoisotopic (exact) mass is 437 g/mol. The van der Waals surface area contributed by atoms with E-state index in [1.54, 1.807) is 43.2 Å². The number of benzene rings is 1. The molecule has 3 aromatic heterocycles. The Bertz CT molecular complexity index is 1280. The van der Waals surface area contributed by atoms with Crippen LogP contribution in [0, 0.1) is 5.41 Å². The standard InChI is InChI=1S/C21H20ClN7O2/c1-24-31-20(23)16-9-14-8-13(3-4-15(14)27-16)18-10-17(28-29(18)2)21(30)26-11-12-5-6-25-19(22)7-12/h3-10,23-24,27H,11H2,1-2H3,(H,26,30). The Hall–Kier alpha value is -3.69. The molecule has 0 saturated heterocycles. The molecule has 3 heterocycles. The van der Waals surface area contributed by atoms with Crippen LogP contribution in [0.5, 0.6) is 0 Å². The van der Waals surface area contributed by atoms with Crippen LogP contribution in [-0.2, 0) is 18.4 Å². The molecule has 158 valence electrons. The molecular weight excluding hydrogens is 418 g/mol. The fourth-order valence-corrected chi connectivity index (χ4v) is 3.44. The van der Waals surface area contributed by atoms with Gasteiger partial charge in [0.05, 0.1) is 5.69 Å². The number of hydrogen-bond donors (Lipinski definition) is 4. The predicted octanol–water partition coefficient (Wildman–Crippen LogP) is 3.02. The number of fused-ring (bicyclic) bond motifs is 1. The molecule has 10 heteroatoms. The van der Waals surface area contributed by atoms with E-state index in [4.69, 9.17) is 21.8 Å². The van der Waals surface area contributed by atoms with Gasteiger partial charge in [0.15, 0.2) is 5.69 Å². The summed E-state index contributed by atoms with van der Waals surface area (Å²) in [6.07, 6.45) is 1.59. The van der Waals surface area contributed by atoms with E-state index in [0.717, 1.165) is 27.7 Å². The number of nitrogens with zero attached hydrogens (tertiary/aromatic N) is 3. The Kier molecular flexibility index (Phi) is 5.70. The van der Waals surface area contributed by atoms with Crippen molar-refractivity contribution < 1.29 is 9.63 Å². The average Bonchev–Trinajstić information content (AvgIpc) is 3.35. The Morgan fingerprint density at radius 2 is 2.10 bits per heavy atom. The van der Waals surface area contributed by atoms with Gasteiger partial charge in [-0.15, -0.1) is 0 Å². The minimum absolute atomic E-state index is 0.00442. The van der Waals surface area contributed by atoms with Gasteiger partial charge >= 0.3 is 0 Å². The lowest BCUT2D eigenvalue weighted by Crippen LogP contribution is -2.23. The number of hydroxylamine groups is 1. The van der Waals surface area contributed by atoms with Crippen molar-refractivity contribution in [2.24, 2.45) is 7.05 Å². The van der Waals surface area contributed by atoms with Gasteiger partial charge in [-0.25, -0.2) is 4.98 Å². The highest BCUT2D eigenvalue weighted by Gasteiger charge is 2.15. The second kappa shape index (κ2) is 8.58. The number of amides is 1. The summed E-state index contributed by atoms with van der Waals surface area (Å²) in [6, 6.07) is 12.9. The number of aromatic nitrogens is 4. The van der Waals surface area contributed by atoms with Gasteiger partial charge in [-0.05, 0) is 42.0 Å². The number of hydrogen-bond acceptors (Lipinski definition) is 6. The van der Waals surface area contributed by atoms with Crippen LogP contribution >= 0.6 is 11.6 Å². The lowest BCUT2D eigenvalue weighted by molar-refractivity contribution is 0.0945. The van der Waals surface area contributed by atoms with Crippen LogP contribution in [-0.4, -0.2) is 38.6 Å². The van der Waals surface area contributed by atoms with Gasteiger partial charge in [-0.2, -0.15) is 10.6 Å². The van der Waals surface area contributed by atoms with Gasteiger partial charge in [0.2, 0.25) is 0 Å². The molecule has 0 saturated carbocycles. The highest BCUT2D eigenvalue weighted by atomic mass is 35.5. The van der Waals surface area contributed by atoms with Crippen molar-refractivity contribution in [3.8, 4) is 11.3 Å². The number of aromatic amines is 1. The van der Waals surface area contributed by atoms with E-state index in [9.17, 15) is 4.79 Å². The minimum atomic E-state index is -0.280. The first-order valence-corrected chi connectivity index (χ1v) is 9.80. The molecule has 1 amide bonds. The molecule has 0 radical (unpaired) electrons. The Morgan fingerprint density at radius 1 is 1.26 bits per heavy atom. The minimum Gasteiger partial charge on any atom is -0.387 e. The quantitative estimate of drug-likeness (QED) is 0.160. The summed E-state index contributed by atoms with van der Waals surface area (Å²) >= 11 is 5.88. The van der Waals surface area contributed by atoms with E-state index < -0.39 is 0 Å². The van der Waals surface area contributed by atoms with Crippen molar-refractivity contribution in [3.05, 3.63) is 70.8 Å². The summed E-state index contributed by atoms with van der Waals surface area (Å²) in [5.41, 5.74) is 6.78. The van der Waals surface area contributed by atoms with Crippen LogP contribution in [0.2, 0.25) is 5.15 Å². The Labute approximate surface area is 182 Å². The first-order chi connectivity index (χ1) is 14.9. The topological polar surface area (TPSA) is 121 Å².